The molecule has 170 valence electrons. The van der Waals surface area contributed by atoms with E-state index in [4.69, 9.17) is 19.4 Å². The van der Waals surface area contributed by atoms with Crippen molar-refractivity contribution in [2.24, 2.45) is 0 Å². The van der Waals surface area contributed by atoms with Crippen molar-refractivity contribution in [2.75, 3.05) is 32.2 Å². The molecule has 0 aliphatic carbocycles. The van der Waals surface area contributed by atoms with Gasteiger partial charge in [-0.25, -0.2) is 13.1 Å². The van der Waals surface area contributed by atoms with Crippen LogP contribution in [0.4, 0.5) is 11.4 Å². The predicted octanol–water partition coefficient (Wildman–Crippen LogP) is 3.55. The second-order valence-electron chi connectivity index (χ2n) is 7.00. The fraction of sp³-hybridized carbons (Fsp3) is 0.261. The highest BCUT2D eigenvalue weighted by Crippen LogP contribution is 2.42. The zero-order valence-corrected chi connectivity index (χ0v) is 19.0. The molecule has 0 radical (unpaired) electrons. The fourth-order valence-electron chi connectivity index (χ4n) is 3.89. The summed E-state index contributed by atoms with van der Waals surface area (Å²) in [5.74, 6) is 1.37. The van der Waals surface area contributed by atoms with Gasteiger partial charge >= 0.3 is 0 Å². The Morgan fingerprint density at radius 1 is 1.06 bits per heavy atom. The Hall–Kier alpha value is -3.30. The number of hydrogen-bond acceptors (Lipinski definition) is 6. The molecular formula is C23H26N2O6S. The molecule has 1 aliphatic rings. The third kappa shape index (κ3) is 4.49. The number of rotatable bonds is 6. The molecule has 0 saturated carbocycles. The van der Waals surface area contributed by atoms with Crippen molar-refractivity contribution in [3.8, 4) is 11.5 Å². The molecule has 3 aromatic carbocycles. The summed E-state index contributed by atoms with van der Waals surface area (Å²) in [5, 5.41) is 9.00. The SMILES string of the molecule is CCNS(=O)(=O)c1ccc2c(c1)CCN2c1cccc2cc(OC)c(OC)cc12.O=CO. The van der Waals surface area contributed by atoms with Gasteiger partial charge in [-0.15, -0.1) is 0 Å². The summed E-state index contributed by atoms with van der Waals surface area (Å²) < 4.78 is 38.2. The largest absolute Gasteiger partial charge is 0.493 e. The quantitative estimate of drug-likeness (QED) is 0.544. The Kier molecular flexibility index (Phi) is 7.22. The van der Waals surface area contributed by atoms with Crippen LogP contribution in [0.1, 0.15) is 12.5 Å². The van der Waals surface area contributed by atoms with Gasteiger partial charge in [0.25, 0.3) is 6.47 Å². The number of nitrogens with zero attached hydrogens (tertiary/aromatic N) is 1. The van der Waals surface area contributed by atoms with Crippen molar-refractivity contribution >= 4 is 38.6 Å². The first-order valence-corrected chi connectivity index (χ1v) is 11.5. The van der Waals surface area contributed by atoms with Crippen molar-refractivity contribution in [3.63, 3.8) is 0 Å². The van der Waals surface area contributed by atoms with Gasteiger partial charge in [0, 0.05) is 29.9 Å². The van der Waals surface area contributed by atoms with Crippen molar-refractivity contribution in [1.29, 1.82) is 0 Å². The molecule has 4 rings (SSSR count). The molecule has 32 heavy (non-hydrogen) atoms. The summed E-state index contributed by atoms with van der Waals surface area (Å²) in [4.78, 5) is 10.9. The molecular weight excluding hydrogens is 432 g/mol. The summed E-state index contributed by atoms with van der Waals surface area (Å²) in [6, 6.07) is 15.5. The van der Waals surface area contributed by atoms with Crippen LogP contribution in [0.3, 0.4) is 0 Å². The lowest BCUT2D eigenvalue weighted by molar-refractivity contribution is -0.122. The Labute approximate surface area is 187 Å². The number of sulfonamides is 1. The maximum Gasteiger partial charge on any atom is 0.290 e. The second kappa shape index (κ2) is 9.88. The lowest BCUT2D eigenvalue weighted by atomic mass is 10.1. The Morgan fingerprint density at radius 2 is 1.75 bits per heavy atom. The topological polar surface area (TPSA) is 105 Å². The van der Waals surface area contributed by atoms with E-state index in [9.17, 15) is 8.42 Å². The lowest BCUT2D eigenvalue weighted by Gasteiger charge is -2.22. The molecule has 1 aliphatic heterocycles. The average molecular weight is 459 g/mol. The highest BCUT2D eigenvalue weighted by molar-refractivity contribution is 7.89. The first-order valence-electron chi connectivity index (χ1n) is 10.0. The van der Waals surface area contributed by atoms with Gasteiger partial charge in [-0.05, 0) is 53.8 Å². The molecule has 0 spiro atoms. The summed E-state index contributed by atoms with van der Waals surface area (Å²) in [6.45, 7) is 2.68. The number of hydrogen-bond donors (Lipinski definition) is 2. The minimum absolute atomic E-state index is 0.250. The molecule has 9 heteroatoms. The monoisotopic (exact) mass is 458 g/mol. The van der Waals surface area contributed by atoms with Crippen LogP contribution >= 0.6 is 0 Å². The lowest BCUT2D eigenvalue weighted by Crippen LogP contribution is -2.23. The van der Waals surface area contributed by atoms with E-state index in [0.717, 1.165) is 40.7 Å². The van der Waals surface area contributed by atoms with Crippen molar-refractivity contribution in [1.82, 2.24) is 4.72 Å². The highest BCUT2D eigenvalue weighted by atomic mass is 32.2. The standard InChI is InChI=1S/C22H24N2O4S.CH2O2/c1-4-23-29(25,26)17-8-9-19-16(12-17)10-11-24(19)20-7-5-6-15-13-21(27-2)22(28-3)14-18(15)20;2-1-3/h5-9,12-14,23H,4,10-11H2,1-3H3;1H,(H,2,3). The number of anilines is 2. The Bertz CT molecular complexity index is 1230. The van der Waals surface area contributed by atoms with E-state index >= 15 is 0 Å². The molecule has 0 amide bonds. The minimum atomic E-state index is -3.46. The summed E-state index contributed by atoms with van der Waals surface area (Å²) in [5.41, 5.74) is 3.12. The van der Waals surface area contributed by atoms with Gasteiger partial charge in [0.05, 0.1) is 19.1 Å². The normalized spacial score (nSPS) is 12.7. The zero-order valence-electron chi connectivity index (χ0n) is 18.2. The van der Waals surface area contributed by atoms with Gasteiger partial charge in [-0.1, -0.05) is 19.1 Å². The van der Waals surface area contributed by atoms with E-state index in [0.29, 0.717) is 22.9 Å². The first kappa shape index (κ1) is 23.4. The Morgan fingerprint density at radius 3 is 2.41 bits per heavy atom. The number of benzene rings is 3. The summed E-state index contributed by atoms with van der Waals surface area (Å²) in [6.07, 6.45) is 0.786. The summed E-state index contributed by atoms with van der Waals surface area (Å²) >= 11 is 0. The third-order valence-electron chi connectivity index (χ3n) is 5.24. The molecule has 0 saturated heterocycles. The second-order valence-corrected chi connectivity index (χ2v) is 8.77. The predicted molar refractivity (Wildman–Crippen MR) is 124 cm³/mol. The molecule has 8 nitrogen and oxygen atoms in total. The zero-order chi connectivity index (χ0) is 23.3. The molecule has 0 atom stereocenters. The summed E-state index contributed by atoms with van der Waals surface area (Å²) in [7, 11) is -0.207. The molecule has 0 bridgehead atoms. The van der Waals surface area contributed by atoms with Gasteiger partial charge in [-0.2, -0.15) is 0 Å². The molecule has 2 N–H and O–H groups in total. The fourth-order valence-corrected chi connectivity index (χ4v) is 4.98. The van der Waals surface area contributed by atoms with Gasteiger partial charge < -0.3 is 19.5 Å². The number of nitrogens with one attached hydrogen (secondary N) is 1. The van der Waals surface area contributed by atoms with E-state index in [1.165, 1.54) is 0 Å². The third-order valence-corrected chi connectivity index (χ3v) is 6.79. The number of methoxy groups -OCH3 is 2. The van der Waals surface area contributed by atoms with Crippen LogP contribution in [-0.4, -0.2) is 47.3 Å². The number of carbonyl (C=O) groups is 1. The van der Waals surface area contributed by atoms with Gasteiger partial charge in [0.2, 0.25) is 10.0 Å². The van der Waals surface area contributed by atoms with Crippen LogP contribution in [0, 0.1) is 0 Å². The van der Waals surface area contributed by atoms with E-state index in [1.807, 2.05) is 30.3 Å². The first-order chi connectivity index (χ1) is 15.4. The number of ether oxygens (including phenoxy) is 2. The van der Waals surface area contributed by atoms with Crippen LogP contribution in [0.2, 0.25) is 0 Å². The molecule has 0 fully saturated rings. The van der Waals surface area contributed by atoms with E-state index in [2.05, 4.69) is 15.7 Å². The van der Waals surface area contributed by atoms with E-state index < -0.39 is 10.0 Å². The van der Waals surface area contributed by atoms with Crippen molar-refractivity contribution < 1.29 is 27.8 Å². The van der Waals surface area contributed by atoms with Crippen LogP contribution in [0.5, 0.6) is 11.5 Å². The average Bonchev–Trinajstić information content (AvgIpc) is 3.21. The minimum Gasteiger partial charge on any atom is -0.493 e. The van der Waals surface area contributed by atoms with E-state index in [1.54, 1.807) is 33.3 Å². The smallest absolute Gasteiger partial charge is 0.290 e. The van der Waals surface area contributed by atoms with Crippen molar-refractivity contribution in [3.05, 3.63) is 54.1 Å². The van der Waals surface area contributed by atoms with Crippen LogP contribution in [0.25, 0.3) is 10.8 Å². The highest BCUT2D eigenvalue weighted by Gasteiger charge is 2.25. The van der Waals surface area contributed by atoms with Gasteiger partial charge in [-0.3, -0.25) is 4.79 Å². The number of carboxylic acid groups (broad SMARTS) is 1. The Balaban J connectivity index is 0.000000913. The van der Waals surface area contributed by atoms with Gasteiger partial charge in [0.1, 0.15) is 0 Å². The number of fused-ring (bicyclic) bond motifs is 2. The van der Waals surface area contributed by atoms with Crippen LogP contribution in [-0.2, 0) is 21.2 Å². The molecule has 0 aromatic heterocycles. The van der Waals surface area contributed by atoms with Crippen LogP contribution in [0.15, 0.2) is 53.4 Å². The maximum absolute atomic E-state index is 12.3. The maximum atomic E-state index is 12.3. The van der Waals surface area contributed by atoms with Crippen LogP contribution < -0.4 is 19.1 Å². The van der Waals surface area contributed by atoms with Gasteiger partial charge in [0.15, 0.2) is 11.5 Å². The molecule has 0 unspecified atom stereocenters. The molecule has 3 aromatic rings. The van der Waals surface area contributed by atoms with E-state index in [-0.39, 0.29) is 6.47 Å². The van der Waals surface area contributed by atoms with Crippen molar-refractivity contribution in [2.45, 2.75) is 18.2 Å². The molecule has 1 heterocycles.